The van der Waals surface area contributed by atoms with Crippen LogP contribution in [-0.4, -0.2) is 21.5 Å². The smallest absolute Gasteiger partial charge is 0.416 e. The van der Waals surface area contributed by atoms with Crippen LogP contribution in [0.1, 0.15) is 16.8 Å². The monoisotopic (exact) mass is 423 g/mol. The molecule has 156 valence electrons. The number of nitrogens with zero attached hydrogens (tertiary/aromatic N) is 4. The van der Waals surface area contributed by atoms with E-state index in [1.165, 1.54) is 18.2 Å². The molecule has 31 heavy (non-hydrogen) atoms. The minimum Gasteiger partial charge on any atom is -0.495 e. The van der Waals surface area contributed by atoms with Crippen LogP contribution in [0.4, 0.5) is 24.7 Å². The van der Waals surface area contributed by atoms with Crippen molar-refractivity contribution in [2.24, 2.45) is 0 Å². The van der Waals surface area contributed by atoms with Crippen molar-refractivity contribution in [1.29, 1.82) is 5.26 Å². The van der Waals surface area contributed by atoms with Crippen LogP contribution in [0.5, 0.6) is 5.75 Å². The Labute approximate surface area is 175 Å². The number of pyridine rings is 2. The van der Waals surface area contributed by atoms with Gasteiger partial charge in [0, 0.05) is 5.69 Å². The molecular formula is C22H16F3N5O. The molecule has 1 N–H and O–H groups in total. The summed E-state index contributed by atoms with van der Waals surface area (Å²) >= 11 is 0. The maximum absolute atomic E-state index is 12.8. The summed E-state index contributed by atoms with van der Waals surface area (Å²) in [4.78, 5) is 9.09. The summed E-state index contributed by atoms with van der Waals surface area (Å²) in [5.41, 5.74) is 2.58. The van der Waals surface area contributed by atoms with E-state index in [1.807, 2.05) is 17.4 Å². The number of aromatic nitrogens is 3. The zero-order valence-corrected chi connectivity index (χ0v) is 16.5. The summed E-state index contributed by atoms with van der Waals surface area (Å²) in [6.45, 7) is 1.83. The van der Waals surface area contributed by atoms with Gasteiger partial charge in [0.25, 0.3) is 0 Å². The molecule has 6 nitrogen and oxygen atoms in total. The summed E-state index contributed by atoms with van der Waals surface area (Å²) in [7, 11) is 1.56. The number of hydrogen-bond acceptors (Lipinski definition) is 5. The van der Waals surface area contributed by atoms with Crippen LogP contribution in [-0.2, 0) is 6.18 Å². The highest BCUT2D eigenvalue weighted by molar-refractivity contribution is 5.69. The van der Waals surface area contributed by atoms with Crippen molar-refractivity contribution in [3.05, 3.63) is 71.5 Å². The third kappa shape index (κ3) is 4.00. The Bertz CT molecular complexity index is 1300. The van der Waals surface area contributed by atoms with Crippen LogP contribution in [0.2, 0.25) is 0 Å². The highest BCUT2D eigenvalue weighted by Gasteiger charge is 2.30. The van der Waals surface area contributed by atoms with Gasteiger partial charge in [0.2, 0.25) is 0 Å². The van der Waals surface area contributed by atoms with Gasteiger partial charge in [-0.05, 0) is 55.5 Å². The molecule has 1 aromatic carbocycles. The third-order valence-corrected chi connectivity index (χ3v) is 4.68. The van der Waals surface area contributed by atoms with Crippen molar-refractivity contribution in [3.63, 3.8) is 0 Å². The average Bonchev–Trinajstić information content (AvgIpc) is 3.08. The quantitative estimate of drug-likeness (QED) is 0.479. The van der Waals surface area contributed by atoms with Gasteiger partial charge in [0.1, 0.15) is 17.2 Å². The highest BCUT2D eigenvalue weighted by Crippen LogP contribution is 2.31. The van der Waals surface area contributed by atoms with Gasteiger partial charge < -0.3 is 10.1 Å². The van der Waals surface area contributed by atoms with E-state index in [-0.39, 0.29) is 0 Å². The van der Waals surface area contributed by atoms with Crippen LogP contribution in [0.3, 0.4) is 0 Å². The minimum absolute atomic E-state index is 0.325. The van der Waals surface area contributed by atoms with E-state index in [2.05, 4.69) is 21.4 Å². The van der Waals surface area contributed by atoms with Crippen molar-refractivity contribution in [1.82, 2.24) is 14.4 Å². The Morgan fingerprint density at radius 1 is 1.06 bits per heavy atom. The number of fused-ring (bicyclic) bond motifs is 1. The molecule has 0 atom stereocenters. The topological polar surface area (TPSA) is 75.2 Å². The lowest BCUT2D eigenvalue weighted by Gasteiger charge is -2.11. The molecule has 0 saturated heterocycles. The Kier molecular flexibility index (Phi) is 4.99. The van der Waals surface area contributed by atoms with Crippen molar-refractivity contribution >= 4 is 17.2 Å². The normalized spacial score (nSPS) is 11.4. The predicted octanol–water partition coefficient (Wildman–Crippen LogP) is 5.35. The summed E-state index contributed by atoms with van der Waals surface area (Å²) in [5.74, 6) is 0.955. The Balaban J connectivity index is 1.76. The van der Waals surface area contributed by atoms with Gasteiger partial charge >= 0.3 is 6.18 Å². The lowest BCUT2D eigenvalue weighted by molar-refractivity contribution is -0.137. The molecule has 3 heterocycles. The maximum atomic E-state index is 12.8. The van der Waals surface area contributed by atoms with E-state index >= 15 is 0 Å². The van der Waals surface area contributed by atoms with Crippen LogP contribution >= 0.6 is 0 Å². The van der Waals surface area contributed by atoms with Crippen molar-refractivity contribution in [3.8, 4) is 23.2 Å². The van der Waals surface area contributed by atoms with Crippen molar-refractivity contribution in [2.45, 2.75) is 13.1 Å². The van der Waals surface area contributed by atoms with E-state index < -0.39 is 11.7 Å². The number of benzene rings is 1. The number of alkyl halides is 3. The number of halogens is 3. The van der Waals surface area contributed by atoms with Gasteiger partial charge in [-0.2, -0.15) is 18.4 Å². The van der Waals surface area contributed by atoms with E-state index in [9.17, 15) is 18.4 Å². The van der Waals surface area contributed by atoms with Gasteiger partial charge in [-0.15, -0.1) is 0 Å². The number of rotatable bonds is 4. The van der Waals surface area contributed by atoms with Crippen LogP contribution in [0, 0.1) is 18.3 Å². The number of methoxy groups -OCH3 is 1. The molecule has 4 rings (SSSR count). The SMILES string of the molecule is COc1ccc2nc(C)c(-c3cc(C#N)cc(Nc4ccc(C(F)(F)F)cc4)n3)n2c1. The molecule has 0 amide bonds. The number of ether oxygens (including phenoxy) is 1. The molecule has 0 aliphatic heterocycles. The van der Waals surface area contributed by atoms with Gasteiger partial charge in [0.05, 0.1) is 47.6 Å². The highest BCUT2D eigenvalue weighted by atomic mass is 19.4. The number of hydrogen-bond donors (Lipinski definition) is 1. The average molecular weight is 423 g/mol. The van der Waals surface area contributed by atoms with Crippen LogP contribution in [0.15, 0.2) is 54.7 Å². The Morgan fingerprint density at radius 2 is 1.81 bits per heavy atom. The van der Waals surface area contributed by atoms with Crippen LogP contribution in [0.25, 0.3) is 17.0 Å². The summed E-state index contributed by atoms with van der Waals surface area (Å²) < 4.78 is 45.5. The molecule has 0 saturated carbocycles. The fourth-order valence-corrected chi connectivity index (χ4v) is 3.24. The lowest BCUT2D eigenvalue weighted by atomic mass is 10.1. The number of nitrogens with one attached hydrogen (secondary N) is 1. The van der Waals surface area contributed by atoms with E-state index in [0.29, 0.717) is 45.5 Å². The summed E-state index contributed by atoms with van der Waals surface area (Å²) in [6.07, 6.45) is -2.64. The van der Waals surface area contributed by atoms with Gasteiger partial charge in [-0.3, -0.25) is 4.40 Å². The molecule has 0 aliphatic rings. The molecule has 0 bridgehead atoms. The first-order chi connectivity index (χ1) is 14.8. The first-order valence-corrected chi connectivity index (χ1v) is 9.18. The minimum atomic E-state index is -4.41. The molecule has 3 aromatic heterocycles. The largest absolute Gasteiger partial charge is 0.495 e. The lowest BCUT2D eigenvalue weighted by Crippen LogP contribution is -2.04. The van der Waals surface area contributed by atoms with Gasteiger partial charge in [0.15, 0.2) is 0 Å². The second kappa shape index (κ2) is 7.65. The fourth-order valence-electron chi connectivity index (χ4n) is 3.24. The summed E-state index contributed by atoms with van der Waals surface area (Å²) in [6, 6.07) is 13.5. The number of imidazole rings is 1. The van der Waals surface area contributed by atoms with E-state index in [4.69, 9.17) is 4.74 Å². The molecule has 0 aliphatic carbocycles. The van der Waals surface area contributed by atoms with Crippen molar-refractivity contribution < 1.29 is 17.9 Å². The molecule has 0 unspecified atom stereocenters. The fraction of sp³-hybridized carbons (Fsp3) is 0.136. The van der Waals surface area contributed by atoms with Gasteiger partial charge in [-0.1, -0.05) is 0 Å². The van der Waals surface area contributed by atoms with E-state index in [1.54, 1.807) is 25.4 Å². The first-order valence-electron chi connectivity index (χ1n) is 9.18. The molecule has 0 spiro atoms. The molecule has 0 radical (unpaired) electrons. The number of aryl methyl sites for hydroxylation is 1. The zero-order chi connectivity index (χ0) is 22.2. The summed E-state index contributed by atoms with van der Waals surface area (Å²) in [5, 5.41) is 12.4. The standard InChI is InChI=1S/C22H16F3N5O/c1-13-21(30-12-17(31-2)7-8-20(30)27-13)18-9-14(11-26)10-19(29-18)28-16-5-3-15(4-6-16)22(23,24)25/h3-10,12H,1-2H3,(H,28,29). The third-order valence-electron chi connectivity index (χ3n) is 4.68. The molecule has 4 aromatic rings. The molecule has 0 fully saturated rings. The van der Waals surface area contributed by atoms with Crippen LogP contribution < -0.4 is 10.1 Å². The second-order valence-electron chi connectivity index (χ2n) is 6.78. The molecular weight excluding hydrogens is 407 g/mol. The molecule has 9 heteroatoms. The van der Waals surface area contributed by atoms with Crippen molar-refractivity contribution in [2.75, 3.05) is 12.4 Å². The first kappa shape index (κ1) is 20.2. The zero-order valence-electron chi connectivity index (χ0n) is 16.5. The predicted molar refractivity (Wildman–Crippen MR) is 109 cm³/mol. The Hall–Kier alpha value is -4.06. The number of nitriles is 1. The number of anilines is 2. The van der Waals surface area contributed by atoms with Gasteiger partial charge in [-0.25, -0.2) is 9.97 Å². The van der Waals surface area contributed by atoms with E-state index in [0.717, 1.165) is 12.1 Å². The second-order valence-corrected chi connectivity index (χ2v) is 6.78. The Morgan fingerprint density at radius 3 is 2.45 bits per heavy atom. The maximum Gasteiger partial charge on any atom is 0.416 e.